The molecule has 1 aromatic heterocycles. The first-order chi connectivity index (χ1) is 8.06. The molecule has 0 saturated carbocycles. The highest BCUT2D eigenvalue weighted by atomic mass is 79.9. The number of pyridine rings is 1. The molecule has 0 atom stereocenters. The summed E-state index contributed by atoms with van der Waals surface area (Å²) in [7, 11) is 0. The molecule has 0 aliphatic carbocycles. The summed E-state index contributed by atoms with van der Waals surface area (Å²) < 4.78 is 1.15. The minimum atomic E-state index is 0.665. The lowest BCUT2D eigenvalue weighted by atomic mass is 10.1. The molecule has 88 valence electrons. The van der Waals surface area contributed by atoms with Crippen molar-refractivity contribution < 1.29 is 0 Å². The van der Waals surface area contributed by atoms with Crippen LogP contribution in [0.3, 0.4) is 0 Å². The van der Waals surface area contributed by atoms with Gasteiger partial charge < -0.3 is 11.1 Å². The highest BCUT2D eigenvalue weighted by Crippen LogP contribution is 2.26. The Labute approximate surface area is 109 Å². The quantitative estimate of drug-likeness (QED) is 0.885. The molecule has 0 saturated heterocycles. The van der Waals surface area contributed by atoms with Crippen molar-refractivity contribution in [3.63, 3.8) is 0 Å². The molecule has 0 spiro atoms. The molecular formula is C13H14BrN3. The zero-order valence-electron chi connectivity index (χ0n) is 9.79. The first-order valence-electron chi connectivity index (χ1n) is 5.31. The van der Waals surface area contributed by atoms with Gasteiger partial charge in [0.1, 0.15) is 5.82 Å². The van der Waals surface area contributed by atoms with E-state index in [2.05, 4.69) is 52.2 Å². The second-order valence-electron chi connectivity index (χ2n) is 4.03. The van der Waals surface area contributed by atoms with Crippen LogP contribution in [0.5, 0.6) is 0 Å². The topological polar surface area (TPSA) is 50.9 Å². The minimum Gasteiger partial charge on any atom is -0.397 e. The molecule has 4 heteroatoms. The zero-order chi connectivity index (χ0) is 12.4. The Bertz CT molecular complexity index is 512. The van der Waals surface area contributed by atoms with Crippen molar-refractivity contribution in [2.45, 2.75) is 13.8 Å². The lowest BCUT2D eigenvalue weighted by molar-refractivity contribution is 1.29. The number of nitrogens with one attached hydrogen (secondary N) is 1. The van der Waals surface area contributed by atoms with Crippen LogP contribution in [-0.4, -0.2) is 4.98 Å². The lowest BCUT2D eigenvalue weighted by Crippen LogP contribution is -1.96. The van der Waals surface area contributed by atoms with Gasteiger partial charge in [0, 0.05) is 10.2 Å². The van der Waals surface area contributed by atoms with E-state index >= 15 is 0 Å². The maximum atomic E-state index is 5.59. The number of nitrogen functional groups attached to an aromatic ring is 1. The molecule has 1 aromatic carbocycles. The monoisotopic (exact) mass is 291 g/mol. The molecule has 0 amide bonds. The number of hydrogen-bond donors (Lipinski definition) is 2. The van der Waals surface area contributed by atoms with Crippen molar-refractivity contribution in [1.82, 2.24) is 4.98 Å². The third kappa shape index (κ3) is 2.77. The number of aryl methyl sites for hydroxylation is 2. The highest BCUT2D eigenvalue weighted by molar-refractivity contribution is 9.10. The molecule has 0 unspecified atom stereocenters. The van der Waals surface area contributed by atoms with Crippen LogP contribution in [0, 0.1) is 13.8 Å². The molecule has 17 heavy (non-hydrogen) atoms. The van der Waals surface area contributed by atoms with Crippen molar-refractivity contribution in [2.75, 3.05) is 11.1 Å². The van der Waals surface area contributed by atoms with E-state index in [4.69, 9.17) is 5.73 Å². The predicted molar refractivity (Wildman–Crippen MR) is 75.5 cm³/mol. The lowest BCUT2D eigenvalue weighted by Gasteiger charge is -2.10. The van der Waals surface area contributed by atoms with Crippen molar-refractivity contribution in [3.05, 3.63) is 46.1 Å². The van der Waals surface area contributed by atoms with Crippen LogP contribution in [0.1, 0.15) is 11.1 Å². The fraction of sp³-hybridized carbons (Fsp3) is 0.154. The Kier molecular flexibility index (Phi) is 3.33. The zero-order valence-corrected chi connectivity index (χ0v) is 11.4. The number of nitrogens with two attached hydrogens (primary N) is 1. The second kappa shape index (κ2) is 4.75. The van der Waals surface area contributed by atoms with Gasteiger partial charge in [0.15, 0.2) is 0 Å². The molecule has 2 aromatic rings. The van der Waals surface area contributed by atoms with E-state index in [1.807, 2.05) is 12.1 Å². The van der Waals surface area contributed by atoms with Crippen molar-refractivity contribution in [3.8, 4) is 0 Å². The average Bonchev–Trinajstić information content (AvgIpc) is 2.29. The normalized spacial score (nSPS) is 10.3. The van der Waals surface area contributed by atoms with Gasteiger partial charge in [0.2, 0.25) is 0 Å². The Balaban J connectivity index is 2.27. The molecule has 0 fully saturated rings. The maximum Gasteiger partial charge on any atom is 0.130 e. The fourth-order valence-corrected chi connectivity index (χ4v) is 1.87. The summed E-state index contributed by atoms with van der Waals surface area (Å²) in [5.41, 5.74) is 9.68. The standard InChI is InChI=1S/C13H14BrN3/c1-8-5-11(6-9(2)13(8)14)17-12-4-3-10(15)7-16-12/h3-7H,15H2,1-2H3,(H,16,17). The number of nitrogens with zero attached hydrogens (tertiary/aromatic N) is 1. The third-order valence-corrected chi connectivity index (χ3v) is 3.75. The molecule has 0 aliphatic rings. The highest BCUT2D eigenvalue weighted by Gasteiger charge is 2.03. The van der Waals surface area contributed by atoms with E-state index in [-0.39, 0.29) is 0 Å². The summed E-state index contributed by atoms with van der Waals surface area (Å²) in [6, 6.07) is 7.85. The van der Waals surface area contributed by atoms with Gasteiger partial charge in [-0.2, -0.15) is 0 Å². The Hall–Kier alpha value is -1.55. The Morgan fingerprint density at radius 3 is 2.35 bits per heavy atom. The summed E-state index contributed by atoms with van der Waals surface area (Å²) in [4.78, 5) is 4.21. The molecule has 1 heterocycles. The first kappa shape index (κ1) is 11.9. The van der Waals surface area contributed by atoms with Crippen LogP contribution < -0.4 is 11.1 Å². The van der Waals surface area contributed by atoms with Gasteiger partial charge in [0.25, 0.3) is 0 Å². The molecule has 0 aliphatic heterocycles. The molecule has 0 bridgehead atoms. The number of hydrogen-bond acceptors (Lipinski definition) is 3. The average molecular weight is 292 g/mol. The largest absolute Gasteiger partial charge is 0.397 e. The van der Waals surface area contributed by atoms with E-state index in [1.54, 1.807) is 6.20 Å². The van der Waals surface area contributed by atoms with Gasteiger partial charge in [-0.05, 0) is 49.2 Å². The van der Waals surface area contributed by atoms with Crippen LogP contribution in [-0.2, 0) is 0 Å². The summed E-state index contributed by atoms with van der Waals surface area (Å²) in [6.45, 7) is 4.14. The molecule has 0 radical (unpaired) electrons. The number of rotatable bonds is 2. The van der Waals surface area contributed by atoms with Crippen LogP contribution >= 0.6 is 15.9 Å². The van der Waals surface area contributed by atoms with E-state index in [1.165, 1.54) is 11.1 Å². The van der Waals surface area contributed by atoms with Crippen LogP contribution in [0.15, 0.2) is 34.9 Å². The molecular weight excluding hydrogens is 278 g/mol. The van der Waals surface area contributed by atoms with Gasteiger partial charge >= 0.3 is 0 Å². The summed E-state index contributed by atoms with van der Waals surface area (Å²) in [6.07, 6.45) is 1.64. The molecule has 3 N–H and O–H groups in total. The Morgan fingerprint density at radius 2 is 1.82 bits per heavy atom. The minimum absolute atomic E-state index is 0.665. The van der Waals surface area contributed by atoms with Gasteiger partial charge in [-0.15, -0.1) is 0 Å². The van der Waals surface area contributed by atoms with Crippen molar-refractivity contribution >= 4 is 33.1 Å². The predicted octanol–water partition coefficient (Wildman–Crippen LogP) is 3.79. The van der Waals surface area contributed by atoms with E-state index in [0.29, 0.717) is 5.69 Å². The van der Waals surface area contributed by atoms with E-state index in [0.717, 1.165) is 16.0 Å². The van der Waals surface area contributed by atoms with Gasteiger partial charge in [0.05, 0.1) is 11.9 Å². The summed E-state index contributed by atoms with van der Waals surface area (Å²) in [5, 5.41) is 3.25. The first-order valence-corrected chi connectivity index (χ1v) is 6.11. The smallest absolute Gasteiger partial charge is 0.130 e. The number of aromatic nitrogens is 1. The van der Waals surface area contributed by atoms with E-state index in [9.17, 15) is 0 Å². The third-order valence-electron chi connectivity index (χ3n) is 2.50. The fourth-order valence-electron chi connectivity index (χ4n) is 1.65. The molecule has 3 nitrogen and oxygen atoms in total. The van der Waals surface area contributed by atoms with E-state index < -0.39 is 0 Å². The summed E-state index contributed by atoms with van der Waals surface area (Å²) in [5.74, 6) is 0.792. The molecule has 2 rings (SSSR count). The Morgan fingerprint density at radius 1 is 1.18 bits per heavy atom. The van der Waals surface area contributed by atoms with Crippen molar-refractivity contribution in [1.29, 1.82) is 0 Å². The number of benzene rings is 1. The van der Waals surface area contributed by atoms with Crippen molar-refractivity contribution in [2.24, 2.45) is 0 Å². The number of halogens is 1. The van der Waals surface area contributed by atoms with Crippen LogP contribution in [0.2, 0.25) is 0 Å². The maximum absolute atomic E-state index is 5.59. The SMILES string of the molecule is Cc1cc(Nc2ccc(N)cn2)cc(C)c1Br. The second-order valence-corrected chi connectivity index (χ2v) is 4.82. The number of anilines is 3. The van der Waals surface area contributed by atoms with Crippen LogP contribution in [0.4, 0.5) is 17.2 Å². The summed E-state index contributed by atoms with van der Waals surface area (Å²) >= 11 is 3.55. The van der Waals surface area contributed by atoms with Crippen LogP contribution in [0.25, 0.3) is 0 Å². The van der Waals surface area contributed by atoms with Gasteiger partial charge in [-0.25, -0.2) is 4.98 Å². The van der Waals surface area contributed by atoms with Gasteiger partial charge in [-0.1, -0.05) is 15.9 Å². The van der Waals surface area contributed by atoms with Gasteiger partial charge in [-0.3, -0.25) is 0 Å².